The van der Waals surface area contributed by atoms with Gasteiger partial charge in [-0.3, -0.25) is 4.79 Å². The summed E-state index contributed by atoms with van der Waals surface area (Å²) in [7, 11) is 1.48. The number of likely N-dealkylation sites (tertiary alicyclic amines) is 1. The van der Waals surface area contributed by atoms with E-state index in [2.05, 4.69) is 10.3 Å². The van der Waals surface area contributed by atoms with Gasteiger partial charge < -0.3 is 20.1 Å². The SMILES string of the molecule is COc1ncc(CNC(=O)N2CCCC(C(=O)O)C2)cc1Cl. The normalized spacial score (nSPS) is 17.9. The van der Waals surface area contributed by atoms with Crippen LogP contribution < -0.4 is 10.1 Å². The van der Waals surface area contributed by atoms with Crippen molar-refractivity contribution in [2.75, 3.05) is 20.2 Å². The van der Waals surface area contributed by atoms with E-state index in [1.165, 1.54) is 12.0 Å². The van der Waals surface area contributed by atoms with Crippen LogP contribution in [0.15, 0.2) is 12.3 Å². The van der Waals surface area contributed by atoms with E-state index in [0.717, 1.165) is 5.56 Å². The van der Waals surface area contributed by atoms with Gasteiger partial charge >= 0.3 is 12.0 Å². The molecule has 1 aromatic heterocycles. The number of carboxylic acids is 1. The minimum atomic E-state index is -0.858. The van der Waals surface area contributed by atoms with Crippen molar-refractivity contribution in [2.45, 2.75) is 19.4 Å². The topological polar surface area (TPSA) is 91.8 Å². The summed E-state index contributed by atoms with van der Waals surface area (Å²) in [5.74, 6) is -1.02. The Hall–Kier alpha value is -2.02. The summed E-state index contributed by atoms with van der Waals surface area (Å²) in [6.07, 6.45) is 2.87. The maximum absolute atomic E-state index is 12.1. The van der Waals surface area contributed by atoms with E-state index in [-0.39, 0.29) is 19.1 Å². The highest BCUT2D eigenvalue weighted by Gasteiger charge is 2.27. The van der Waals surface area contributed by atoms with Gasteiger partial charge in [0.25, 0.3) is 0 Å². The van der Waals surface area contributed by atoms with Crippen molar-refractivity contribution in [3.8, 4) is 5.88 Å². The highest BCUT2D eigenvalue weighted by atomic mass is 35.5. The van der Waals surface area contributed by atoms with Gasteiger partial charge in [0.2, 0.25) is 5.88 Å². The van der Waals surface area contributed by atoms with E-state index >= 15 is 0 Å². The summed E-state index contributed by atoms with van der Waals surface area (Å²) in [6.45, 7) is 1.07. The number of rotatable bonds is 4. The Bertz CT molecular complexity index is 567. The highest BCUT2D eigenvalue weighted by molar-refractivity contribution is 6.31. The second kappa shape index (κ2) is 7.31. The molecule has 120 valence electrons. The number of amides is 2. The molecule has 0 bridgehead atoms. The third kappa shape index (κ3) is 4.00. The number of carboxylic acid groups (broad SMARTS) is 1. The molecule has 8 heteroatoms. The lowest BCUT2D eigenvalue weighted by Crippen LogP contribution is -2.46. The van der Waals surface area contributed by atoms with E-state index in [1.807, 2.05) is 0 Å². The number of hydrogen-bond acceptors (Lipinski definition) is 4. The number of aromatic nitrogens is 1. The summed E-state index contributed by atoms with van der Waals surface area (Å²) >= 11 is 5.97. The molecule has 1 aliphatic rings. The fourth-order valence-corrected chi connectivity index (χ4v) is 2.63. The monoisotopic (exact) mass is 327 g/mol. The number of carbonyl (C=O) groups is 2. The number of aliphatic carboxylic acids is 1. The minimum absolute atomic E-state index is 0.239. The molecule has 1 unspecified atom stereocenters. The minimum Gasteiger partial charge on any atom is -0.481 e. The van der Waals surface area contributed by atoms with Gasteiger partial charge in [-0.25, -0.2) is 9.78 Å². The lowest BCUT2D eigenvalue weighted by Gasteiger charge is -2.30. The zero-order valence-electron chi connectivity index (χ0n) is 12.2. The summed E-state index contributed by atoms with van der Waals surface area (Å²) in [4.78, 5) is 28.7. The Labute approximate surface area is 133 Å². The molecule has 2 rings (SSSR count). The van der Waals surface area contributed by atoms with Crippen molar-refractivity contribution in [3.05, 3.63) is 22.8 Å². The maximum atomic E-state index is 12.1. The van der Waals surface area contributed by atoms with Crippen LogP contribution in [0.25, 0.3) is 0 Å². The standard InChI is InChI=1S/C14H18ClN3O4/c1-22-12-11(15)5-9(6-16-12)7-17-14(21)18-4-2-3-10(8-18)13(19)20/h5-6,10H,2-4,7-8H2,1H3,(H,17,21)(H,19,20). The Morgan fingerprint density at radius 1 is 1.59 bits per heavy atom. The third-order valence-electron chi connectivity index (χ3n) is 3.56. The molecule has 1 saturated heterocycles. The van der Waals surface area contributed by atoms with Crippen molar-refractivity contribution >= 4 is 23.6 Å². The lowest BCUT2D eigenvalue weighted by atomic mass is 9.99. The zero-order chi connectivity index (χ0) is 16.1. The number of ether oxygens (including phenoxy) is 1. The van der Waals surface area contributed by atoms with Gasteiger partial charge in [0.15, 0.2) is 0 Å². The molecule has 0 saturated carbocycles. The number of urea groups is 1. The number of piperidine rings is 1. The summed E-state index contributed by atoms with van der Waals surface area (Å²) in [5, 5.41) is 12.2. The molecule has 1 fully saturated rings. The quantitative estimate of drug-likeness (QED) is 0.879. The van der Waals surface area contributed by atoms with Crippen LogP contribution in [0.3, 0.4) is 0 Å². The molecule has 7 nitrogen and oxygen atoms in total. The average molecular weight is 328 g/mol. The molecular formula is C14H18ClN3O4. The molecule has 0 aliphatic carbocycles. The smallest absolute Gasteiger partial charge is 0.317 e. The fourth-order valence-electron chi connectivity index (χ4n) is 2.36. The summed E-state index contributed by atoms with van der Waals surface area (Å²) in [5.41, 5.74) is 0.742. The molecule has 22 heavy (non-hydrogen) atoms. The fraction of sp³-hybridized carbons (Fsp3) is 0.500. The zero-order valence-corrected chi connectivity index (χ0v) is 13.0. The first kappa shape index (κ1) is 16.4. The van der Waals surface area contributed by atoms with Crippen LogP contribution in [0, 0.1) is 5.92 Å². The summed E-state index contributed by atoms with van der Waals surface area (Å²) < 4.78 is 4.96. The Morgan fingerprint density at radius 3 is 3.00 bits per heavy atom. The first-order valence-electron chi connectivity index (χ1n) is 6.95. The first-order chi connectivity index (χ1) is 10.5. The van der Waals surface area contributed by atoms with Gasteiger partial charge in [0, 0.05) is 25.8 Å². The van der Waals surface area contributed by atoms with Gasteiger partial charge in [-0.15, -0.1) is 0 Å². The van der Waals surface area contributed by atoms with Crippen LogP contribution >= 0.6 is 11.6 Å². The molecule has 2 amide bonds. The van der Waals surface area contributed by atoms with Gasteiger partial charge in [-0.2, -0.15) is 0 Å². The molecule has 1 atom stereocenters. The van der Waals surface area contributed by atoms with Gasteiger partial charge in [-0.05, 0) is 24.5 Å². The number of hydrogen-bond donors (Lipinski definition) is 2. The Balaban J connectivity index is 1.89. The average Bonchev–Trinajstić information content (AvgIpc) is 2.52. The van der Waals surface area contributed by atoms with Gasteiger partial charge in [0.05, 0.1) is 13.0 Å². The molecule has 0 spiro atoms. The second-order valence-corrected chi connectivity index (χ2v) is 5.52. The number of carbonyl (C=O) groups excluding carboxylic acids is 1. The predicted molar refractivity (Wildman–Crippen MR) is 80.0 cm³/mol. The van der Waals surface area contributed by atoms with E-state index < -0.39 is 11.9 Å². The maximum Gasteiger partial charge on any atom is 0.317 e. The first-order valence-corrected chi connectivity index (χ1v) is 7.33. The van der Waals surface area contributed by atoms with Crippen LogP contribution in [-0.2, 0) is 11.3 Å². The Morgan fingerprint density at radius 2 is 2.36 bits per heavy atom. The number of pyridine rings is 1. The number of methoxy groups -OCH3 is 1. The van der Waals surface area contributed by atoms with E-state index in [9.17, 15) is 9.59 Å². The van der Waals surface area contributed by atoms with E-state index in [4.69, 9.17) is 21.4 Å². The van der Waals surface area contributed by atoms with Crippen LogP contribution in [0.4, 0.5) is 4.79 Å². The molecule has 1 aliphatic heterocycles. The lowest BCUT2D eigenvalue weighted by molar-refractivity contribution is -0.143. The van der Waals surface area contributed by atoms with E-state index in [0.29, 0.717) is 30.3 Å². The molecule has 1 aromatic rings. The van der Waals surface area contributed by atoms with Crippen LogP contribution in [0.5, 0.6) is 5.88 Å². The van der Waals surface area contributed by atoms with Gasteiger partial charge in [0.1, 0.15) is 5.02 Å². The van der Waals surface area contributed by atoms with Crippen molar-refractivity contribution in [1.82, 2.24) is 15.2 Å². The van der Waals surface area contributed by atoms with Crippen molar-refractivity contribution < 1.29 is 19.4 Å². The number of nitrogens with zero attached hydrogens (tertiary/aromatic N) is 2. The largest absolute Gasteiger partial charge is 0.481 e. The molecule has 0 radical (unpaired) electrons. The predicted octanol–water partition coefficient (Wildman–Crippen LogP) is 1.75. The number of halogens is 1. The molecule has 2 heterocycles. The van der Waals surface area contributed by atoms with Crippen molar-refractivity contribution in [2.24, 2.45) is 5.92 Å². The van der Waals surface area contributed by atoms with Crippen LogP contribution in [0.1, 0.15) is 18.4 Å². The molecule has 0 aromatic carbocycles. The summed E-state index contributed by atoms with van der Waals surface area (Å²) in [6, 6.07) is 1.39. The van der Waals surface area contributed by atoms with Gasteiger partial charge in [-0.1, -0.05) is 11.6 Å². The Kier molecular flexibility index (Phi) is 5.43. The van der Waals surface area contributed by atoms with Crippen LogP contribution in [0.2, 0.25) is 5.02 Å². The highest BCUT2D eigenvalue weighted by Crippen LogP contribution is 2.22. The van der Waals surface area contributed by atoms with Crippen molar-refractivity contribution in [1.29, 1.82) is 0 Å². The van der Waals surface area contributed by atoms with Crippen molar-refractivity contribution in [3.63, 3.8) is 0 Å². The number of nitrogens with one attached hydrogen (secondary N) is 1. The molecule has 2 N–H and O–H groups in total. The second-order valence-electron chi connectivity index (χ2n) is 5.12. The molecular weight excluding hydrogens is 310 g/mol. The third-order valence-corrected chi connectivity index (χ3v) is 3.83. The van der Waals surface area contributed by atoms with E-state index in [1.54, 1.807) is 12.3 Å². The van der Waals surface area contributed by atoms with Crippen LogP contribution in [-0.4, -0.2) is 47.2 Å².